The maximum atomic E-state index is 13.0. The number of hydrogen-bond acceptors (Lipinski definition) is 4. The number of nitrogens with zero attached hydrogens (tertiary/aromatic N) is 1. The molecule has 0 spiro atoms. The van der Waals surface area contributed by atoms with Crippen molar-refractivity contribution < 1.29 is 4.79 Å². The van der Waals surface area contributed by atoms with Crippen LogP contribution >= 0.6 is 0 Å². The summed E-state index contributed by atoms with van der Waals surface area (Å²) in [6.07, 6.45) is 3.45. The highest BCUT2D eigenvalue weighted by Crippen LogP contribution is 2.23. The number of aryl methyl sites for hydroxylation is 1. The van der Waals surface area contributed by atoms with E-state index in [1.54, 1.807) is 19.4 Å². The smallest absolute Gasteiger partial charge is 0.251 e. The van der Waals surface area contributed by atoms with Crippen LogP contribution in [0.2, 0.25) is 0 Å². The molecule has 158 valence electrons. The van der Waals surface area contributed by atoms with Crippen LogP contribution in [0, 0.1) is 18.9 Å². The Morgan fingerprint density at radius 2 is 1.72 bits per heavy atom. The largest absolute Gasteiger partial charge is 0.355 e. The summed E-state index contributed by atoms with van der Waals surface area (Å²) in [4.78, 5) is 17.0. The number of pyridine rings is 1. The predicted octanol–water partition coefficient (Wildman–Crippen LogP) is 4.75. The van der Waals surface area contributed by atoms with Crippen LogP contribution < -0.4 is 16.0 Å². The van der Waals surface area contributed by atoms with E-state index in [9.17, 15) is 4.79 Å². The molecule has 0 unspecified atom stereocenters. The molecule has 1 heterocycles. The molecule has 1 aromatic heterocycles. The van der Waals surface area contributed by atoms with Gasteiger partial charge in [0.15, 0.2) is 0 Å². The summed E-state index contributed by atoms with van der Waals surface area (Å²) in [5.41, 5.74) is 5.34. The summed E-state index contributed by atoms with van der Waals surface area (Å²) >= 11 is 0. The van der Waals surface area contributed by atoms with Crippen LogP contribution in [0.1, 0.15) is 27.0 Å². The van der Waals surface area contributed by atoms with Crippen molar-refractivity contribution in [3.63, 3.8) is 0 Å². The van der Waals surface area contributed by atoms with Gasteiger partial charge in [-0.1, -0.05) is 36.4 Å². The minimum Gasteiger partial charge on any atom is -0.355 e. The van der Waals surface area contributed by atoms with Gasteiger partial charge in [0, 0.05) is 54.5 Å². The Balaban J connectivity index is 1.54. The minimum atomic E-state index is -0.107. The van der Waals surface area contributed by atoms with Gasteiger partial charge in [-0.15, -0.1) is 0 Å². The third kappa shape index (κ3) is 4.71. The second-order valence-corrected chi connectivity index (χ2v) is 7.39. The van der Waals surface area contributed by atoms with Gasteiger partial charge in [0.25, 0.3) is 5.91 Å². The van der Waals surface area contributed by atoms with E-state index in [1.165, 1.54) is 0 Å². The van der Waals surface area contributed by atoms with Crippen LogP contribution in [0.3, 0.4) is 0 Å². The first-order chi connectivity index (χ1) is 15.7. The molecule has 0 saturated carbocycles. The monoisotopic (exact) mass is 420 g/mol. The minimum absolute atomic E-state index is 0.107. The fourth-order valence-electron chi connectivity index (χ4n) is 3.57. The van der Waals surface area contributed by atoms with Crippen molar-refractivity contribution in [2.45, 2.75) is 13.5 Å². The quantitative estimate of drug-likeness (QED) is 0.322. The second-order valence-electron chi connectivity index (χ2n) is 7.39. The van der Waals surface area contributed by atoms with E-state index in [1.807, 2.05) is 61.5 Å². The van der Waals surface area contributed by atoms with Gasteiger partial charge in [0.2, 0.25) is 0 Å². The van der Waals surface area contributed by atoms with Gasteiger partial charge in [0.05, 0.1) is 0 Å². The fourth-order valence-corrected chi connectivity index (χ4v) is 3.57. The zero-order valence-electron chi connectivity index (χ0n) is 18.1. The van der Waals surface area contributed by atoms with Gasteiger partial charge < -0.3 is 16.0 Å². The Kier molecular flexibility index (Phi) is 6.33. The molecule has 0 aliphatic carbocycles. The Hall–Kier alpha value is -4.30. The molecule has 4 rings (SSSR count). The van der Waals surface area contributed by atoms with Gasteiger partial charge in [-0.3, -0.25) is 9.78 Å². The topological polar surface area (TPSA) is 66.0 Å². The number of aromatic nitrogens is 1. The van der Waals surface area contributed by atoms with Crippen LogP contribution in [-0.4, -0.2) is 17.9 Å². The average molecular weight is 421 g/mol. The van der Waals surface area contributed by atoms with Crippen molar-refractivity contribution in [3.8, 4) is 12.0 Å². The molecule has 0 fully saturated rings. The fraction of sp³-hybridized carbons (Fsp3) is 0.111. The third-order valence-electron chi connectivity index (χ3n) is 5.23. The molecule has 0 bridgehead atoms. The van der Waals surface area contributed by atoms with Crippen LogP contribution in [0.15, 0.2) is 79.1 Å². The summed E-state index contributed by atoms with van der Waals surface area (Å²) in [6.45, 7) is 2.37. The molecule has 3 aromatic carbocycles. The van der Waals surface area contributed by atoms with Gasteiger partial charge in [-0.25, -0.2) is 0 Å². The summed E-state index contributed by atoms with van der Waals surface area (Å²) < 4.78 is 0. The molecule has 0 atom stereocenters. The molecule has 1 amide bonds. The highest BCUT2D eigenvalue weighted by molar-refractivity contribution is 5.97. The Bertz CT molecular complexity index is 1320. The average Bonchev–Trinajstić information content (AvgIpc) is 2.83. The van der Waals surface area contributed by atoms with E-state index in [2.05, 4.69) is 45.0 Å². The van der Waals surface area contributed by atoms with E-state index in [0.29, 0.717) is 12.1 Å². The maximum Gasteiger partial charge on any atom is 0.251 e. The number of carbonyl (C=O) groups excluding carboxylic acids is 1. The summed E-state index contributed by atoms with van der Waals surface area (Å²) in [6, 6.07) is 24.6. The van der Waals surface area contributed by atoms with E-state index in [-0.39, 0.29) is 5.91 Å². The molecule has 0 saturated heterocycles. The molecule has 0 aliphatic heterocycles. The number of rotatable bonds is 5. The standard InChI is InChI=1S/C27H24N4O/c1-19-7-10-23(31-22-12-15-29-16-13-22)17-26(19)27(32)30-18-21-9-8-20(11-14-28-2)24-5-3-4-6-25(21)24/h3-10,12-13,15-17,28H,18H2,1-2H3,(H,29,31)(H,30,32). The maximum absolute atomic E-state index is 13.0. The number of carbonyl (C=O) groups is 1. The Morgan fingerprint density at radius 3 is 2.50 bits per heavy atom. The van der Waals surface area contributed by atoms with Crippen molar-refractivity contribution in [1.29, 1.82) is 0 Å². The highest BCUT2D eigenvalue weighted by Gasteiger charge is 2.12. The molecule has 5 heteroatoms. The van der Waals surface area contributed by atoms with Crippen LogP contribution in [0.5, 0.6) is 0 Å². The predicted molar refractivity (Wildman–Crippen MR) is 130 cm³/mol. The number of amides is 1. The van der Waals surface area contributed by atoms with Crippen LogP contribution in [-0.2, 0) is 6.54 Å². The molecule has 0 aliphatic rings. The molecular weight excluding hydrogens is 396 g/mol. The molecular formula is C27H24N4O. The van der Waals surface area contributed by atoms with Crippen LogP contribution in [0.4, 0.5) is 11.4 Å². The third-order valence-corrected chi connectivity index (χ3v) is 5.23. The number of hydrogen-bond donors (Lipinski definition) is 3. The van der Waals surface area contributed by atoms with Gasteiger partial charge in [-0.2, -0.15) is 0 Å². The zero-order valence-corrected chi connectivity index (χ0v) is 18.1. The van der Waals surface area contributed by atoms with Gasteiger partial charge in [-0.05, 0) is 65.1 Å². The first kappa shape index (κ1) is 21.0. The molecule has 32 heavy (non-hydrogen) atoms. The number of benzene rings is 3. The van der Waals surface area contributed by atoms with Crippen molar-refractivity contribution in [3.05, 3.63) is 101 Å². The normalized spacial score (nSPS) is 10.2. The van der Waals surface area contributed by atoms with E-state index < -0.39 is 0 Å². The Labute approximate surface area is 187 Å². The highest BCUT2D eigenvalue weighted by atomic mass is 16.1. The van der Waals surface area contributed by atoms with Crippen molar-refractivity contribution in [1.82, 2.24) is 15.6 Å². The second kappa shape index (κ2) is 9.67. The van der Waals surface area contributed by atoms with Crippen molar-refractivity contribution >= 4 is 28.1 Å². The lowest BCUT2D eigenvalue weighted by Gasteiger charge is -2.13. The molecule has 3 N–H and O–H groups in total. The zero-order chi connectivity index (χ0) is 22.3. The van der Waals surface area contributed by atoms with Crippen molar-refractivity contribution in [2.75, 3.05) is 12.4 Å². The summed E-state index contributed by atoms with van der Waals surface area (Å²) in [5.74, 6) is 3.02. The van der Waals surface area contributed by atoms with Gasteiger partial charge in [0.1, 0.15) is 0 Å². The molecule has 5 nitrogen and oxygen atoms in total. The van der Waals surface area contributed by atoms with E-state index in [4.69, 9.17) is 0 Å². The first-order valence-corrected chi connectivity index (χ1v) is 10.4. The number of anilines is 2. The first-order valence-electron chi connectivity index (χ1n) is 10.4. The van der Waals surface area contributed by atoms with Crippen molar-refractivity contribution in [2.24, 2.45) is 0 Å². The summed E-state index contributed by atoms with van der Waals surface area (Å²) in [5, 5.41) is 11.4. The Morgan fingerprint density at radius 1 is 0.938 bits per heavy atom. The van der Waals surface area contributed by atoms with Gasteiger partial charge >= 0.3 is 0 Å². The van der Waals surface area contributed by atoms with E-state index >= 15 is 0 Å². The SMILES string of the molecule is CNC#Cc1ccc(CNC(=O)c2cc(Nc3ccncc3)ccc2C)c2ccccc12. The molecule has 4 aromatic rings. The molecule has 0 radical (unpaired) electrons. The summed E-state index contributed by atoms with van der Waals surface area (Å²) in [7, 11) is 1.79. The lowest BCUT2D eigenvalue weighted by Crippen LogP contribution is -2.23. The number of fused-ring (bicyclic) bond motifs is 1. The lowest BCUT2D eigenvalue weighted by molar-refractivity contribution is 0.0950. The van der Waals surface area contributed by atoms with Crippen LogP contribution in [0.25, 0.3) is 10.8 Å². The van der Waals surface area contributed by atoms with E-state index in [0.717, 1.165) is 38.8 Å². The number of nitrogens with one attached hydrogen (secondary N) is 3. The lowest BCUT2D eigenvalue weighted by atomic mass is 9.99.